The van der Waals surface area contributed by atoms with Gasteiger partial charge in [0, 0.05) is 23.7 Å². The van der Waals surface area contributed by atoms with Gasteiger partial charge in [-0.2, -0.15) is 0 Å². The number of hydrogen-bond acceptors (Lipinski definition) is 2. The number of nitrogens with one attached hydrogen (secondary N) is 1. The van der Waals surface area contributed by atoms with Gasteiger partial charge in [0.05, 0.1) is 21.7 Å². The van der Waals surface area contributed by atoms with Crippen LogP contribution in [0.2, 0.25) is 15.1 Å². The first-order valence-electron chi connectivity index (χ1n) is 7.68. The van der Waals surface area contributed by atoms with Crippen molar-refractivity contribution >= 4 is 58.0 Å². The Hall–Kier alpha value is -1.75. The molecule has 0 saturated carbocycles. The molecule has 1 heterocycles. The maximum Gasteiger partial charge on any atom is 0.229 e. The van der Waals surface area contributed by atoms with Crippen LogP contribution in [-0.2, 0) is 9.59 Å². The summed E-state index contributed by atoms with van der Waals surface area (Å²) in [6, 6.07) is 10.4. The molecule has 3 rings (SSSR count). The highest BCUT2D eigenvalue weighted by atomic mass is 35.5. The zero-order valence-electron chi connectivity index (χ0n) is 13.4. The molecule has 0 spiro atoms. The van der Waals surface area contributed by atoms with E-state index >= 15 is 0 Å². The predicted octanol–water partition coefficient (Wildman–Crippen LogP) is 4.95. The van der Waals surface area contributed by atoms with E-state index in [0.717, 1.165) is 11.3 Å². The van der Waals surface area contributed by atoms with E-state index in [4.69, 9.17) is 34.8 Å². The zero-order valence-corrected chi connectivity index (χ0v) is 15.6. The molecular formula is C18H15Cl3N2O2. The minimum absolute atomic E-state index is 0.109. The molecule has 130 valence electrons. The minimum atomic E-state index is -0.471. The van der Waals surface area contributed by atoms with Crippen molar-refractivity contribution < 1.29 is 9.59 Å². The highest BCUT2D eigenvalue weighted by Gasteiger charge is 2.36. The van der Waals surface area contributed by atoms with Crippen LogP contribution in [0, 0.1) is 12.8 Å². The summed E-state index contributed by atoms with van der Waals surface area (Å²) < 4.78 is 0. The van der Waals surface area contributed by atoms with Gasteiger partial charge in [-0.3, -0.25) is 9.59 Å². The van der Waals surface area contributed by atoms with Gasteiger partial charge in [0.2, 0.25) is 11.8 Å². The second-order valence-corrected chi connectivity index (χ2v) is 7.15. The van der Waals surface area contributed by atoms with E-state index < -0.39 is 5.92 Å². The number of rotatable bonds is 3. The topological polar surface area (TPSA) is 49.4 Å². The van der Waals surface area contributed by atoms with Crippen molar-refractivity contribution in [1.82, 2.24) is 0 Å². The lowest BCUT2D eigenvalue weighted by Crippen LogP contribution is -2.28. The first-order valence-corrected chi connectivity index (χ1v) is 8.81. The lowest BCUT2D eigenvalue weighted by Gasteiger charge is -2.19. The second kappa shape index (κ2) is 7.24. The molecular weight excluding hydrogens is 383 g/mol. The summed E-state index contributed by atoms with van der Waals surface area (Å²) in [7, 11) is 0. The van der Waals surface area contributed by atoms with Crippen LogP contribution in [0.3, 0.4) is 0 Å². The molecule has 4 nitrogen and oxygen atoms in total. The van der Waals surface area contributed by atoms with Gasteiger partial charge in [-0.05, 0) is 36.8 Å². The minimum Gasteiger partial charge on any atom is -0.324 e. The van der Waals surface area contributed by atoms with Crippen molar-refractivity contribution in [2.24, 2.45) is 5.92 Å². The van der Waals surface area contributed by atoms with E-state index in [1.165, 1.54) is 0 Å². The molecule has 0 aliphatic carbocycles. The zero-order chi connectivity index (χ0) is 18.1. The van der Waals surface area contributed by atoms with Crippen molar-refractivity contribution in [3.63, 3.8) is 0 Å². The molecule has 1 aliphatic heterocycles. The summed E-state index contributed by atoms with van der Waals surface area (Å²) in [6.45, 7) is 2.20. The number of carbonyl (C=O) groups excluding carboxylic acids is 2. The summed E-state index contributed by atoms with van der Waals surface area (Å²) in [5.41, 5.74) is 2.09. The molecule has 1 aliphatic rings. The summed E-state index contributed by atoms with van der Waals surface area (Å²) in [6.07, 6.45) is 0.135. The summed E-state index contributed by atoms with van der Waals surface area (Å²) in [5, 5.41) is 3.94. The molecule has 25 heavy (non-hydrogen) atoms. The van der Waals surface area contributed by atoms with Crippen LogP contribution < -0.4 is 10.2 Å². The van der Waals surface area contributed by atoms with Crippen LogP contribution in [0.5, 0.6) is 0 Å². The molecule has 2 aromatic rings. The third-order valence-corrected chi connectivity index (χ3v) is 5.22. The Bertz CT molecular complexity index is 854. The standard InChI is InChI=1S/C18H15Cl3N2O2/c1-10-5-6-12(19)8-15(10)23-9-11(7-16(23)24)18(25)22-14-4-2-3-13(20)17(14)21/h2-6,8,11H,7,9H2,1H3,(H,22,25). The maximum atomic E-state index is 12.5. The smallest absolute Gasteiger partial charge is 0.229 e. The largest absolute Gasteiger partial charge is 0.324 e. The highest BCUT2D eigenvalue weighted by Crippen LogP contribution is 2.33. The molecule has 2 amide bonds. The van der Waals surface area contributed by atoms with Crippen molar-refractivity contribution in [2.75, 3.05) is 16.8 Å². The number of benzene rings is 2. The third kappa shape index (κ3) is 3.76. The molecule has 1 N–H and O–H groups in total. The van der Waals surface area contributed by atoms with Crippen molar-refractivity contribution in [2.45, 2.75) is 13.3 Å². The maximum absolute atomic E-state index is 12.5. The Morgan fingerprint density at radius 2 is 1.96 bits per heavy atom. The van der Waals surface area contributed by atoms with E-state index in [2.05, 4.69) is 5.32 Å². The Morgan fingerprint density at radius 3 is 2.72 bits per heavy atom. The SMILES string of the molecule is Cc1ccc(Cl)cc1N1CC(C(=O)Nc2cccc(Cl)c2Cl)CC1=O. The number of aryl methyl sites for hydroxylation is 1. The number of anilines is 2. The highest BCUT2D eigenvalue weighted by molar-refractivity contribution is 6.44. The average molecular weight is 398 g/mol. The number of hydrogen-bond donors (Lipinski definition) is 1. The fraction of sp³-hybridized carbons (Fsp3) is 0.222. The molecule has 2 aromatic carbocycles. The van der Waals surface area contributed by atoms with E-state index in [9.17, 15) is 9.59 Å². The fourth-order valence-electron chi connectivity index (χ4n) is 2.82. The normalized spacial score (nSPS) is 17.0. The summed E-state index contributed by atoms with van der Waals surface area (Å²) >= 11 is 18.1. The number of nitrogens with zero attached hydrogens (tertiary/aromatic N) is 1. The van der Waals surface area contributed by atoms with E-state index in [-0.39, 0.29) is 23.3 Å². The molecule has 0 radical (unpaired) electrons. The van der Waals surface area contributed by atoms with Crippen LogP contribution >= 0.6 is 34.8 Å². The summed E-state index contributed by atoms with van der Waals surface area (Å²) in [5.74, 6) is -0.844. The van der Waals surface area contributed by atoms with Gasteiger partial charge in [-0.1, -0.05) is 46.9 Å². The van der Waals surface area contributed by atoms with Crippen LogP contribution in [0.4, 0.5) is 11.4 Å². The van der Waals surface area contributed by atoms with Crippen LogP contribution in [0.1, 0.15) is 12.0 Å². The molecule has 1 saturated heterocycles. The molecule has 1 fully saturated rings. The number of carbonyl (C=O) groups is 2. The predicted molar refractivity (Wildman–Crippen MR) is 102 cm³/mol. The quantitative estimate of drug-likeness (QED) is 0.797. The van der Waals surface area contributed by atoms with E-state index in [0.29, 0.717) is 22.3 Å². The second-order valence-electron chi connectivity index (χ2n) is 5.93. The lowest BCUT2D eigenvalue weighted by molar-refractivity contribution is -0.122. The Kier molecular flexibility index (Phi) is 5.23. The third-order valence-electron chi connectivity index (χ3n) is 4.17. The van der Waals surface area contributed by atoms with E-state index in [1.807, 2.05) is 13.0 Å². The van der Waals surface area contributed by atoms with Gasteiger partial charge in [0.1, 0.15) is 0 Å². The monoisotopic (exact) mass is 396 g/mol. The van der Waals surface area contributed by atoms with E-state index in [1.54, 1.807) is 35.2 Å². The Balaban J connectivity index is 1.77. The molecule has 1 unspecified atom stereocenters. The van der Waals surface area contributed by atoms with Crippen molar-refractivity contribution in [3.05, 3.63) is 57.0 Å². The van der Waals surface area contributed by atoms with Gasteiger partial charge >= 0.3 is 0 Å². The van der Waals surface area contributed by atoms with Gasteiger partial charge in [0.15, 0.2) is 0 Å². The van der Waals surface area contributed by atoms with Crippen molar-refractivity contribution in [1.29, 1.82) is 0 Å². The first-order chi connectivity index (χ1) is 11.9. The Labute approximate surface area is 160 Å². The fourth-order valence-corrected chi connectivity index (χ4v) is 3.34. The van der Waals surface area contributed by atoms with Crippen LogP contribution in [-0.4, -0.2) is 18.4 Å². The molecule has 0 bridgehead atoms. The van der Waals surface area contributed by atoms with Crippen LogP contribution in [0.25, 0.3) is 0 Å². The molecule has 7 heteroatoms. The van der Waals surface area contributed by atoms with Crippen LogP contribution in [0.15, 0.2) is 36.4 Å². The first kappa shape index (κ1) is 18.1. The van der Waals surface area contributed by atoms with Gasteiger partial charge < -0.3 is 10.2 Å². The average Bonchev–Trinajstić information content (AvgIpc) is 2.96. The van der Waals surface area contributed by atoms with Gasteiger partial charge in [-0.25, -0.2) is 0 Å². The number of amides is 2. The molecule has 1 atom stereocenters. The lowest BCUT2D eigenvalue weighted by atomic mass is 10.1. The Morgan fingerprint density at radius 1 is 1.20 bits per heavy atom. The molecule has 0 aromatic heterocycles. The summed E-state index contributed by atoms with van der Waals surface area (Å²) in [4.78, 5) is 26.5. The number of halogens is 3. The van der Waals surface area contributed by atoms with Gasteiger partial charge in [-0.15, -0.1) is 0 Å². The van der Waals surface area contributed by atoms with Crippen molar-refractivity contribution in [3.8, 4) is 0 Å². The van der Waals surface area contributed by atoms with Gasteiger partial charge in [0.25, 0.3) is 0 Å².